The zero-order chi connectivity index (χ0) is 18.2. The molecular weight excluding hydrogens is 335 g/mol. The van der Waals surface area contributed by atoms with Crippen LogP contribution in [0.3, 0.4) is 0 Å². The summed E-state index contributed by atoms with van der Waals surface area (Å²) in [6, 6.07) is 7.81. The molecule has 0 radical (unpaired) electrons. The predicted octanol–water partition coefficient (Wildman–Crippen LogP) is 5.16. The van der Waals surface area contributed by atoms with Crippen molar-refractivity contribution in [3.8, 4) is 6.07 Å². The van der Waals surface area contributed by atoms with Crippen LogP contribution in [0, 0.1) is 28.5 Å². The van der Waals surface area contributed by atoms with Crippen molar-refractivity contribution >= 4 is 22.2 Å². The molecule has 0 aliphatic heterocycles. The highest BCUT2D eigenvalue weighted by Gasteiger charge is 2.32. The van der Waals surface area contributed by atoms with Gasteiger partial charge in [0.2, 0.25) is 0 Å². The summed E-state index contributed by atoms with van der Waals surface area (Å²) in [5.74, 6) is -0.273. The van der Waals surface area contributed by atoms with Crippen LogP contribution in [0.15, 0.2) is 24.3 Å². The van der Waals surface area contributed by atoms with Gasteiger partial charge >= 0.3 is 0 Å². The van der Waals surface area contributed by atoms with Crippen molar-refractivity contribution in [2.45, 2.75) is 40.0 Å². The van der Waals surface area contributed by atoms with Crippen molar-refractivity contribution in [3.05, 3.63) is 51.7 Å². The van der Waals surface area contributed by atoms with E-state index < -0.39 is 5.82 Å². The topological polar surface area (TPSA) is 52.9 Å². The molecule has 0 bridgehead atoms. The van der Waals surface area contributed by atoms with E-state index in [-0.39, 0.29) is 16.9 Å². The Kier molecular flexibility index (Phi) is 4.66. The first kappa shape index (κ1) is 17.6. The highest BCUT2D eigenvalue weighted by Crippen LogP contribution is 2.44. The van der Waals surface area contributed by atoms with Crippen LogP contribution >= 0.6 is 11.3 Å². The quantitative estimate of drug-likeness (QED) is 0.808. The second-order valence-corrected chi connectivity index (χ2v) is 8.70. The Morgan fingerprint density at radius 3 is 2.80 bits per heavy atom. The van der Waals surface area contributed by atoms with Crippen LogP contribution < -0.4 is 5.32 Å². The summed E-state index contributed by atoms with van der Waals surface area (Å²) in [5.41, 5.74) is 2.11. The SMILES string of the molecule is CC(C)(C)C1CCc2c(sc(NC(=O)c3cccc(F)c3)c2C#N)C1. The molecule has 1 N–H and O–H groups in total. The van der Waals surface area contributed by atoms with Crippen molar-refractivity contribution in [1.82, 2.24) is 0 Å². The van der Waals surface area contributed by atoms with Gasteiger partial charge in [0.1, 0.15) is 16.9 Å². The number of benzene rings is 1. The van der Waals surface area contributed by atoms with E-state index >= 15 is 0 Å². The van der Waals surface area contributed by atoms with Crippen LogP contribution in [0.1, 0.15) is 53.6 Å². The molecular formula is C20H21FN2OS. The molecule has 5 heteroatoms. The third kappa shape index (κ3) is 3.59. The monoisotopic (exact) mass is 356 g/mol. The van der Waals surface area contributed by atoms with Crippen LogP contribution in [0.2, 0.25) is 0 Å². The molecule has 25 heavy (non-hydrogen) atoms. The van der Waals surface area contributed by atoms with E-state index in [0.29, 0.717) is 16.5 Å². The highest BCUT2D eigenvalue weighted by molar-refractivity contribution is 7.16. The molecule has 0 fully saturated rings. The standard InChI is InChI=1S/C20H21FN2OS/c1-20(2,3)13-7-8-15-16(11-22)19(25-17(15)10-13)23-18(24)12-5-4-6-14(21)9-12/h4-6,9,13H,7-8,10H2,1-3H3,(H,23,24). The Bertz CT molecular complexity index is 858. The molecule has 1 aliphatic rings. The molecule has 130 valence electrons. The Morgan fingerprint density at radius 1 is 1.40 bits per heavy atom. The van der Waals surface area contributed by atoms with Gasteiger partial charge in [-0.1, -0.05) is 26.8 Å². The molecule has 1 aromatic heterocycles. The number of halogens is 1. The molecule has 3 rings (SSSR count). The van der Waals surface area contributed by atoms with Gasteiger partial charge in [0, 0.05) is 10.4 Å². The lowest BCUT2D eigenvalue weighted by atomic mass is 9.72. The largest absolute Gasteiger partial charge is 0.312 e. The summed E-state index contributed by atoms with van der Waals surface area (Å²) < 4.78 is 13.3. The Hall–Kier alpha value is -2.19. The lowest BCUT2D eigenvalue weighted by Gasteiger charge is -2.33. The van der Waals surface area contributed by atoms with Crippen molar-refractivity contribution in [1.29, 1.82) is 5.26 Å². The number of thiophene rings is 1. The molecule has 0 spiro atoms. The number of nitrogens with zero attached hydrogens (tertiary/aromatic N) is 1. The smallest absolute Gasteiger partial charge is 0.256 e. The summed E-state index contributed by atoms with van der Waals surface area (Å²) in [6.07, 6.45) is 2.86. The number of carbonyl (C=O) groups excluding carboxylic acids is 1. The third-order valence-electron chi connectivity index (χ3n) is 4.92. The van der Waals surface area contributed by atoms with E-state index in [4.69, 9.17) is 0 Å². The average molecular weight is 356 g/mol. The van der Waals surface area contributed by atoms with Gasteiger partial charge < -0.3 is 5.32 Å². The summed E-state index contributed by atoms with van der Waals surface area (Å²) in [6.45, 7) is 6.73. The van der Waals surface area contributed by atoms with E-state index in [1.54, 1.807) is 6.07 Å². The highest BCUT2D eigenvalue weighted by atomic mass is 32.1. The molecule has 1 aliphatic carbocycles. The number of rotatable bonds is 2. The summed E-state index contributed by atoms with van der Waals surface area (Å²) in [7, 11) is 0. The van der Waals surface area contributed by atoms with Crippen LogP contribution in [0.4, 0.5) is 9.39 Å². The van der Waals surface area contributed by atoms with Gasteiger partial charge in [-0.25, -0.2) is 4.39 Å². The number of hydrogen-bond donors (Lipinski definition) is 1. The fourth-order valence-electron chi connectivity index (χ4n) is 3.34. The number of nitriles is 1. The van der Waals surface area contributed by atoms with Crippen molar-refractivity contribution in [3.63, 3.8) is 0 Å². The second-order valence-electron chi connectivity index (χ2n) is 7.59. The molecule has 0 saturated carbocycles. The number of hydrogen-bond acceptors (Lipinski definition) is 3. The zero-order valence-corrected chi connectivity index (χ0v) is 15.5. The fourth-order valence-corrected chi connectivity index (χ4v) is 4.61. The van der Waals surface area contributed by atoms with E-state index in [9.17, 15) is 14.4 Å². The number of anilines is 1. The van der Waals surface area contributed by atoms with Crippen LogP contribution in [-0.2, 0) is 12.8 Å². The number of carbonyl (C=O) groups is 1. The van der Waals surface area contributed by atoms with Crippen molar-refractivity contribution in [2.75, 3.05) is 5.32 Å². The Morgan fingerprint density at radius 2 is 2.16 bits per heavy atom. The molecule has 2 aromatic rings. The number of amides is 1. The maximum atomic E-state index is 13.3. The first-order chi connectivity index (χ1) is 11.8. The van der Waals surface area contributed by atoms with Gasteiger partial charge in [0.05, 0.1) is 5.56 Å². The van der Waals surface area contributed by atoms with Crippen molar-refractivity contribution in [2.24, 2.45) is 11.3 Å². The maximum Gasteiger partial charge on any atom is 0.256 e. The molecule has 3 nitrogen and oxygen atoms in total. The summed E-state index contributed by atoms with van der Waals surface area (Å²) in [5, 5.41) is 12.9. The normalized spacial score (nSPS) is 16.8. The minimum Gasteiger partial charge on any atom is -0.312 e. The molecule has 0 saturated heterocycles. The van der Waals surface area contributed by atoms with E-state index in [1.165, 1.54) is 34.4 Å². The van der Waals surface area contributed by atoms with Gasteiger partial charge in [-0.3, -0.25) is 4.79 Å². The second kappa shape index (κ2) is 6.61. The fraction of sp³-hybridized carbons (Fsp3) is 0.400. The van der Waals surface area contributed by atoms with Gasteiger partial charge in [0.25, 0.3) is 5.91 Å². The Balaban J connectivity index is 1.88. The molecule has 1 unspecified atom stereocenters. The number of fused-ring (bicyclic) bond motifs is 1. The van der Waals surface area contributed by atoms with E-state index in [2.05, 4.69) is 32.2 Å². The zero-order valence-electron chi connectivity index (χ0n) is 14.6. The summed E-state index contributed by atoms with van der Waals surface area (Å²) >= 11 is 1.49. The predicted molar refractivity (Wildman–Crippen MR) is 98.4 cm³/mol. The maximum absolute atomic E-state index is 13.3. The lowest BCUT2D eigenvalue weighted by molar-refractivity contribution is 0.102. The van der Waals surface area contributed by atoms with E-state index in [0.717, 1.165) is 24.8 Å². The van der Waals surface area contributed by atoms with Crippen LogP contribution in [-0.4, -0.2) is 5.91 Å². The molecule has 1 heterocycles. The lowest BCUT2D eigenvalue weighted by Crippen LogP contribution is -2.26. The third-order valence-corrected chi connectivity index (χ3v) is 6.09. The molecule has 1 amide bonds. The Labute approximate surface area is 151 Å². The minimum atomic E-state index is -0.452. The van der Waals surface area contributed by atoms with E-state index in [1.807, 2.05) is 0 Å². The average Bonchev–Trinajstić information content (AvgIpc) is 2.90. The van der Waals surface area contributed by atoms with Gasteiger partial charge in [0.15, 0.2) is 0 Å². The minimum absolute atomic E-state index is 0.222. The molecule has 1 aromatic carbocycles. The molecule has 1 atom stereocenters. The summed E-state index contributed by atoms with van der Waals surface area (Å²) in [4.78, 5) is 13.6. The first-order valence-electron chi connectivity index (χ1n) is 8.41. The number of nitrogens with one attached hydrogen (secondary N) is 1. The van der Waals surface area contributed by atoms with Crippen molar-refractivity contribution < 1.29 is 9.18 Å². The van der Waals surface area contributed by atoms with Crippen LogP contribution in [0.5, 0.6) is 0 Å². The first-order valence-corrected chi connectivity index (χ1v) is 9.23. The van der Waals surface area contributed by atoms with Gasteiger partial charge in [-0.15, -0.1) is 11.3 Å². The van der Waals surface area contributed by atoms with Gasteiger partial charge in [-0.2, -0.15) is 5.26 Å². The van der Waals surface area contributed by atoms with Gasteiger partial charge in [-0.05, 0) is 54.4 Å². The van der Waals surface area contributed by atoms with Crippen LogP contribution in [0.25, 0.3) is 0 Å².